The molecule has 132 valence electrons. The van der Waals surface area contributed by atoms with E-state index >= 15 is 0 Å². The maximum absolute atomic E-state index is 13.3. The van der Waals surface area contributed by atoms with Gasteiger partial charge >= 0.3 is 12.0 Å². The number of ether oxygens (including phenoxy) is 2. The summed E-state index contributed by atoms with van der Waals surface area (Å²) in [5.41, 5.74) is 1.54. The van der Waals surface area contributed by atoms with E-state index in [1.165, 1.54) is 25.5 Å². The lowest BCUT2D eigenvalue weighted by Gasteiger charge is -2.12. The lowest BCUT2D eigenvalue weighted by Crippen LogP contribution is -2.06. The van der Waals surface area contributed by atoms with Crippen LogP contribution in [0.15, 0.2) is 41.0 Å². The Morgan fingerprint density at radius 3 is 2.85 bits per heavy atom. The first-order chi connectivity index (χ1) is 12.6. The van der Waals surface area contributed by atoms with Crippen molar-refractivity contribution in [1.82, 2.24) is 9.97 Å². The van der Waals surface area contributed by atoms with Gasteiger partial charge in [0.2, 0.25) is 0 Å². The van der Waals surface area contributed by atoms with Crippen molar-refractivity contribution in [2.24, 2.45) is 0 Å². The highest BCUT2D eigenvalue weighted by atomic mass is 35.5. The van der Waals surface area contributed by atoms with Crippen LogP contribution in [0.2, 0.25) is 5.02 Å². The zero-order valence-electron chi connectivity index (χ0n) is 13.5. The van der Waals surface area contributed by atoms with Crippen LogP contribution in [0.5, 0.6) is 6.01 Å². The largest absolute Gasteiger partial charge is 0.467 e. The van der Waals surface area contributed by atoms with Gasteiger partial charge in [-0.05, 0) is 29.8 Å². The molecule has 1 aliphatic heterocycles. The Labute approximate surface area is 152 Å². The molecule has 1 aromatic carbocycles. The van der Waals surface area contributed by atoms with Crippen LogP contribution in [0.4, 0.5) is 4.39 Å². The molecular weight excluding hydrogens is 363 g/mol. The summed E-state index contributed by atoms with van der Waals surface area (Å²) < 4.78 is 29.2. The number of carbonyl (C=O) groups is 1. The molecule has 3 aromatic rings. The van der Waals surface area contributed by atoms with Crippen molar-refractivity contribution in [3.05, 3.63) is 64.3 Å². The molecule has 0 bridgehead atoms. The third-order valence-corrected chi connectivity index (χ3v) is 4.38. The molecule has 4 rings (SSSR count). The lowest BCUT2D eigenvalue weighted by atomic mass is 10.0. The number of esters is 1. The molecule has 26 heavy (non-hydrogen) atoms. The monoisotopic (exact) mass is 374 g/mol. The third-order valence-electron chi connectivity index (χ3n) is 4.03. The van der Waals surface area contributed by atoms with Crippen molar-refractivity contribution in [2.45, 2.75) is 12.5 Å². The smallest absolute Gasteiger partial charge is 0.343 e. The number of benzene rings is 1. The molecule has 2 aromatic heterocycles. The summed E-state index contributed by atoms with van der Waals surface area (Å²) in [6.07, 6.45) is 1.04. The molecule has 0 amide bonds. The molecule has 1 unspecified atom stereocenters. The van der Waals surface area contributed by atoms with Crippen molar-refractivity contribution in [3.63, 3.8) is 0 Å². The SMILES string of the molecule is COc1nc(-c2ccco2)c2c(n1)C(Cc1ccc(F)cc1Cl)OC2=O. The second-order valence-electron chi connectivity index (χ2n) is 5.63. The van der Waals surface area contributed by atoms with Crippen molar-refractivity contribution >= 4 is 17.6 Å². The molecule has 1 aliphatic rings. The van der Waals surface area contributed by atoms with E-state index in [0.717, 1.165) is 0 Å². The van der Waals surface area contributed by atoms with Crippen molar-refractivity contribution in [2.75, 3.05) is 7.11 Å². The predicted octanol–water partition coefficient (Wildman–Crippen LogP) is 3.99. The molecular formula is C18H12ClFN2O4. The third kappa shape index (κ3) is 2.80. The highest BCUT2D eigenvalue weighted by Crippen LogP contribution is 2.38. The fourth-order valence-electron chi connectivity index (χ4n) is 2.84. The van der Waals surface area contributed by atoms with E-state index in [1.807, 2.05) is 0 Å². The standard InChI is InChI=1S/C18H12ClFN2O4/c1-24-18-21-15(12-3-2-6-25-12)14-16(22-18)13(26-17(14)23)7-9-4-5-10(20)8-11(9)19/h2-6,8,13H,7H2,1H3. The van der Waals surface area contributed by atoms with Crippen molar-refractivity contribution in [3.8, 4) is 17.5 Å². The first-order valence-corrected chi connectivity index (χ1v) is 8.09. The van der Waals surface area contributed by atoms with Gasteiger partial charge in [0.25, 0.3) is 0 Å². The number of hydrogen-bond acceptors (Lipinski definition) is 6. The number of furan rings is 1. The summed E-state index contributed by atoms with van der Waals surface area (Å²) in [4.78, 5) is 20.9. The average Bonchev–Trinajstić information content (AvgIpc) is 3.26. The van der Waals surface area contributed by atoms with E-state index in [-0.39, 0.29) is 23.0 Å². The molecule has 0 saturated carbocycles. The number of aromatic nitrogens is 2. The van der Waals surface area contributed by atoms with E-state index in [4.69, 9.17) is 25.5 Å². The van der Waals surface area contributed by atoms with E-state index in [2.05, 4.69) is 9.97 Å². The van der Waals surface area contributed by atoms with Gasteiger partial charge in [-0.1, -0.05) is 17.7 Å². The second-order valence-corrected chi connectivity index (χ2v) is 6.04. The zero-order valence-corrected chi connectivity index (χ0v) is 14.3. The van der Waals surface area contributed by atoms with Crippen LogP contribution in [0, 0.1) is 5.82 Å². The molecule has 0 N–H and O–H groups in total. The molecule has 0 spiro atoms. The van der Waals surface area contributed by atoms with E-state index in [9.17, 15) is 9.18 Å². The first kappa shape index (κ1) is 16.5. The number of cyclic esters (lactones) is 1. The Balaban J connectivity index is 1.79. The molecule has 0 radical (unpaired) electrons. The Kier molecular flexibility index (Phi) is 4.08. The maximum atomic E-state index is 13.3. The summed E-state index contributed by atoms with van der Waals surface area (Å²) in [5.74, 6) is -0.594. The molecule has 8 heteroatoms. The molecule has 0 aliphatic carbocycles. The van der Waals surface area contributed by atoms with Gasteiger partial charge in [0, 0.05) is 11.4 Å². The Bertz CT molecular complexity index is 991. The number of fused-ring (bicyclic) bond motifs is 1. The van der Waals surface area contributed by atoms with E-state index < -0.39 is 17.9 Å². The van der Waals surface area contributed by atoms with Gasteiger partial charge in [0.05, 0.1) is 13.4 Å². The quantitative estimate of drug-likeness (QED) is 0.643. The molecule has 0 saturated heterocycles. The van der Waals surface area contributed by atoms with Crippen LogP contribution in [0.3, 0.4) is 0 Å². The number of nitrogens with zero attached hydrogens (tertiary/aromatic N) is 2. The Morgan fingerprint density at radius 1 is 1.31 bits per heavy atom. The van der Waals surface area contributed by atoms with Crippen LogP contribution in [-0.2, 0) is 11.2 Å². The van der Waals surface area contributed by atoms with Gasteiger partial charge in [0.15, 0.2) is 5.76 Å². The minimum atomic E-state index is -0.689. The zero-order chi connectivity index (χ0) is 18.3. The van der Waals surface area contributed by atoms with Crippen LogP contribution >= 0.6 is 11.6 Å². The number of hydrogen-bond donors (Lipinski definition) is 0. The normalized spacial score (nSPS) is 15.7. The summed E-state index contributed by atoms with van der Waals surface area (Å²) in [5, 5.41) is 0.252. The maximum Gasteiger partial charge on any atom is 0.343 e. The predicted molar refractivity (Wildman–Crippen MR) is 89.6 cm³/mol. The van der Waals surface area contributed by atoms with E-state index in [0.29, 0.717) is 22.7 Å². The van der Waals surface area contributed by atoms with Gasteiger partial charge in [0.1, 0.15) is 28.9 Å². The highest BCUT2D eigenvalue weighted by molar-refractivity contribution is 6.31. The minimum absolute atomic E-state index is 0.0867. The topological polar surface area (TPSA) is 74.5 Å². The Hall–Kier alpha value is -2.93. The first-order valence-electron chi connectivity index (χ1n) is 7.71. The highest BCUT2D eigenvalue weighted by Gasteiger charge is 2.38. The average molecular weight is 375 g/mol. The summed E-state index contributed by atoms with van der Waals surface area (Å²) in [6, 6.07) is 7.52. The summed E-state index contributed by atoms with van der Waals surface area (Å²) >= 11 is 6.09. The van der Waals surface area contributed by atoms with Crippen LogP contribution in [0.25, 0.3) is 11.5 Å². The number of carbonyl (C=O) groups excluding carboxylic acids is 1. The van der Waals surface area contributed by atoms with Crippen LogP contribution in [-0.4, -0.2) is 23.0 Å². The fourth-order valence-corrected chi connectivity index (χ4v) is 3.09. The van der Waals surface area contributed by atoms with Crippen LogP contribution in [0.1, 0.15) is 27.7 Å². The molecule has 6 nitrogen and oxygen atoms in total. The van der Waals surface area contributed by atoms with Crippen molar-refractivity contribution in [1.29, 1.82) is 0 Å². The summed E-state index contributed by atoms with van der Waals surface area (Å²) in [6.45, 7) is 0. The molecule has 3 heterocycles. The van der Waals surface area contributed by atoms with Gasteiger partial charge in [-0.2, -0.15) is 9.97 Å². The molecule has 0 fully saturated rings. The van der Waals surface area contributed by atoms with Crippen LogP contribution < -0.4 is 4.74 Å². The number of rotatable bonds is 4. The Morgan fingerprint density at radius 2 is 2.15 bits per heavy atom. The van der Waals surface area contributed by atoms with Crippen molar-refractivity contribution < 1.29 is 23.1 Å². The number of methoxy groups -OCH3 is 1. The van der Waals surface area contributed by atoms with Gasteiger partial charge in [-0.3, -0.25) is 0 Å². The molecule has 1 atom stereocenters. The van der Waals surface area contributed by atoms with Gasteiger partial charge < -0.3 is 13.9 Å². The fraction of sp³-hybridized carbons (Fsp3) is 0.167. The van der Waals surface area contributed by atoms with Gasteiger partial charge in [-0.15, -0.1) is 0 Å². The van der Waals surface area contributed by atoms with E-state index in [1.54, 1.807) is 18.2 Å². The minimum Gasteiger partial charge on any atom is -0.467 e. The number of halogens is 2. The lowest BCUT2D eigenvalue weighted by molar-refractivity contribution is 0.0382. The second kappa shape index (κ2) is 6.42. The van der Waals surface area contributed by atoms with Gasteiger partial charge in [-0.25, -0.2) is 9.18 Å². The summed E-state index contributed by atoms with van der Waals surface area (Å²) in [7, 11) is 1.43.